The Balaban J connectivity index is 5.74. The fourth-order valence-corrected chi connectivity index (χ4v) is 14.4. The lowest BCUT2D eigenvalue weighted by molar-refractivity contribution is 0.568. The zero-order valence-corrected chi connectivity index (χ0v) is 15.0. The average molecular weight is 271 g/mol. The van der Waals surface area contributed by atoms with E-state index < -0.39 is 16.1 Å². The summed E-state index contributed by atoms with van der Waals surface area (Å²) in [5.41, 5.74) is 0. The van der Waals surface area contributed by atoms with Crippen molar-refractivity contribution in [3.63, 3.8) is 0 Å². The minimum Gasteiger partial charge on any atom is -0.234 e. The lowest BCUT2D eigenvalue weighted by Gasteiger charge is -2.44. The van der Waals surface area contributed by atoms with Crippen LogP contribution < -0.4 is 0 Å². The molecule has 0 saturated heterocycles. The van der Waals surface area contributed by atoms with Gasteiger partial charge in [0.2, 0.25) is 0 Å². The van der Waals surface area contributed by atoms with E-state index in [0.717, 1.165) is 0 Å². The van der Waals surface area contributed by atoms with Crippen LogP contribution in [0.5, 0.6) is 0 Å². The summed E-state index contributed by atoms with van der Waals surface area (Å²) in [6, 6.07) is 3.57. The molecule has 0 aliphatic heterocycles. The lowest BCUT2D eigenvalue weighted by atomic mass is 10.2. The van der Waals surface area contributed by atoms with E-state index >= 15 is 0 Å². The van der Waals surface area contributed by atoms with Gasteiger partial charge in [-0.1, -0.05) is 72.8 Å². The van der Waals surface area contributed by atoms with E-state index in [1.807, 2.05) is 0 Å². The molecular weight excluding hydrogens is 240 g/mol. The quantitative estimate of drug-likeness (QED) is 0.516. The highest BCUT2D eigenvalue weighted by Crippen LogP contribution is 2.45. The predicted octanol–water partition coefficient (Wildman–Crippen LogP) is 4.84. The smallest absolute Gasteiger partial charge is 0.114 e. The normalized spacial score (nSPS) is 13.4. The molecule has 0 aromatic rings. The largest absolute Gasteiger partial charge is 0.234 e. The molecule has 0 radical (unpaired) electrons. The van der Waals surface area contributed by atoms with E-state index in [0.29, 0.717) is 0 Å². The van der Waals surface area contributed by atoms with E-state index in [-0.39, 0.29) is 5.04 Å². The number of hydrogen-bond acceptors (Lipinski definition) is 1. The summed E-state index contributed by atoms with van der Waals surface area (Å²) in [5.74, 6) is 2.43. The van der Waals surface area contributed by atoms with E-state index in [2.05, 4.69) is 60.6 Å². The van der Waals surface area contributed by atoms with Gasteiger partial charge in [0.05, 0.1) is 16.1 Å². The molecule has 0 unspecified atom stereocenters. The minimum absolute atomic E-state index is 0.248. The Morgan fingerprint density at radius 3 is 1.53 bits per heavy atom. The SMILES string of the molecule is CC[Si](CC)(CC)C(=C=O)[Si](C)(C)C(C)(C)C. The first-order valence-corrected chi connectivity index (χ1v) is 12.5. The van der Waals surface area contributed by atoms with Crippen LogP contribution in [0.3, 0.4) is 0 Å². The maximum absolute atomic E-state index is 11.6. The van der Waals surface area contributed by atoms with Crippen LogP contribution in [0.2, 0.25) is 36.3 Å². The molecule has 0 aromatic heterocycles. The molecule has 0 bridgehead atoms. The summed E-state index contributed by atoms with van der Waals surface area (Å²) < 4.78 is 0. The van der Waals surface area contributed by atoms with Gasteiger partial charge in [-0.15, -0.1) is 0 Å². The van der Waals surface area contributed by atoms with Crippen molar-refractivity contribution in [1.29, 1.82) is 0 Å². The van der Waals surface area contributed by atoms with E-state index in [9.17, 15) is 4.79 Å². The van der Waals surface area contributed by atoms with Gasteiger partial charge in [-0.05, 0) is 9.86 Å². The monoisotopic (exact) mass is 270 g/mol. The van der Waals surface area contributed by atoms with Crippen molar-refractivity contribution in [2.75, 3.05) is 0 Å². The fraction of sp³-hybridized carbons (Fsp3) is 0.857. The van der Waals surface area contributed by atoms with Crippen LogP contribution >= 0.6 is 0 Å². The molecule has 0 aromatic carbocycles. The van der Waals surface area contributed by atoms with E-state index in [4.69, 9.17) is 0 Å². The zero-order valence-electron chi connectivity index (χ0n) is 13.0. The molecule has 0 saturated carbocycles. The summed E-state index contributed by atoms with van der Waals surface area (Å²) in [5, 5.41) is 0.248. The van der Waals surface area contributed by atoms with E-state index in [1.165, 1.54) is 23.0 Å². The first-order chi connectivity index (χ1) is 7.62. The second kappa shape index (κ2) is 5.68. The highest BCUT2D eigenvalue weighted by molar-refractivity contribution is 7.08. The van der Waals surface area contributed by atoms with Crippen molar-refractivity contribution < 1.29 is 4.79 Å². The van der Waals surface area contributed by atoms with Crippen molar-refractivity contribution in [1.82, 2.24) is 0 Å². The summed E-state index contributed by atoms with van der Waals surface area (Å²) in [6.07, 6.45) is 0. The van der Waals surface area contributed by atoms with Crippen LogP contribution in [0.1, 0.15) is 41.5 Å². The lowest BCUT2D eigenvalue weighted by Crippen LogP contribution is -2.52. The van der Waals surface area contributed by atoms with Gasteiger partial charge in [-0.25, -0.2) is 4.79 Å². The number of hydrogen-bond donors (Lipinski definition) is 0. The molecule has 0 heterocycles. The molecule has 0 atom stereocenters. The van der Waals surface area contributed by atoms with Crippen LogP contribution in [0, 0.1) is 0 Å². The van der Waals surface area contributed by atoms with Crippen molar-refractivity contribution in [2.45, 2.75) is 77.8 Å². The van der Waals surface area contributed by atoms with Crippen molar-refractivity contribution >= 4 is 22.1 Å². The standard InChI is InChI=1S/C14H30OSi2/c1-9-17(10-2,11-3)13(12-15)16(7,8)14(4,5)6/h9-11H2,1-8H3. The second-order valence-electron chi connectivity index (χ2n) is 6.69. The minimum atomic E-state index is -1.68. The van der Waals surface area contributed by atoms with Gasteiger partial charge >= 0.3 is 0 Å². The maximum atomic E-state index is 11.6. The number of rotatable bonds is 5. The number of carbonyl (C=O) groups excluding carboxylic acids is 1. The molecule has 0 aliphatic rings. The molecule has 0 spiro atoms. The molecule has 17 heavy (non-hydrogen) atoms. The molecule has 0 rings (SSSR count). The Bertz CT molecular complexity index is 290. The predicted molar refractivity (Wildman–Crippen MR) is 83.6 cm³/mol. The van der Waals surface area contributed by atoms with Crippen molar-refractivity contribution in [3.05, 3.63) is 4.82 Å². The Kier molecular flexibility index (Phi) is 5.64. The third-order valence-electron chi connectivity index (χ3n) is 5.16. The summed E-state index contributed by atoms with van der Waals surface area (Å²) >= 11 is 0. The van der Waals surface area contributed by atoms with Gasteiger partial charge in [0.25, 0.3) is 0 Å². The van der Waals surface area contributed by atoms with Gasteiger partial charge in [-0.2, -0.15) is 0 Å². The topological polar surface area (TPSA) is 17.1 Å². The van der Waals surface area contributed by atoms with Crippen LogP contribution in [0.15, 0.2) is 4.82 Å². The maximum Gasteiger partial charge on any atom is 0.114 e. The van der Waals surface area contributed by atoms with Gasteiger partial charge < -0.3 is 0 Å². The third kappa shape index (κ3) is 3.01. The average Bonchev–Trinajstić information content (AvgIpc) is 2.24. The summed E-state index contributed by atoms with van der Waals surface area (Å²) in [6.45, 7) is 18.4. The highest BCUT2D eigenvalue weighted by Gasteiger charge is 2.47. The molecule has 0 N–H and O–H groups in total. The third-order valence-corrected chi connectivity index (χ3v) is 19.0. The Labute approximate surface area is 110 Å². The van der Waals surface area contributed by atoms with Gasteiger partial charge in [0.1, 0.15) is 5.94 Å². The highest BCUT2D eigenvalue weighted by atomic mass is 28.4. The van der Waals surface area contributed by atoms with E-state index in [1.54, 1.807) is 0 Å². The van der Waals surface area contributed by atoms with Crippen LogP contribution in [-0.4, -0.2) is 22.1 Å². The molecular formula is C14H30OSi2. The second-order valence-corrected chi connectivity index (χ2v) is 17.6. The Morgan fingerprint density at radius 1 is 1.00 bits per heavy atom. The molecule has 0 fully saturated rings. The summed E-state index contributed by atoms with van der Waals surface area (Å²) in [7, 11) is -3.22. The Hall–Kier alpha value is -0.116. The van der Waals surface area contributed by atoms with Gasteiger partial charge in [-0.3, -0.25) is 0 Å². The fourth-order valence-electron chi connectivity index (χ4n) is 2.55. The first kappa shape index (κ1) is 16.9. The molecule has 0 amide bonds. The van der Waals surface area contributed by atoms with Crippen LogP contribution in [0.4, 0.5) is 0 Å². The van der Waals surface area contributed by atoms with Crippen molar-refractivity contribution in [2.24, 2.45) is 0 Å². The van der Waals surface area contributed by atoms with Gasteiger partial charge in [0, 0.05) is 0 Å². The van der Waals surface area contributed by atoms with Crippen LogP contribution in [-0.2, 0) is 4.79 Å². The van der Waals surface area contributed by atoms with Gasteiger partial charge in [0.15, 0.2) is 0 Å². The molecule has 0 aliphatic carbocycles. The Morgan fingerprint density at radius 2 is 1.35 bits per heavy atom. The first-order valence-electron chi connectivity index (χ1n) is 6.89. The zero-order chi connectivity index (χ0) is 13.9. The van der Waals surface area contributed by atoms with Crippen LogP contribution in [0.25, 0.3) is 0 Å². The van der Waals surface area contributed by atoms with Crippen molar-refractivity contribution in [3.8, 4) is 0 Å². The molecule has 1 nitrogen and oxygen atoms in total. The summed E-state index contributed by atoms with van der Waals surface area (Å²) in [4.78, 5) is 12.9. The molecule has 100 valence electrons. The molecule has 3 heteroatoms.